The van der Waals surface area contributed by atoms with Gasteiger partial charge in [-0.25, -0.2) is 0 Å². The molecule has 320 valence electrons. The molecule has 5 fully saturated rings. The Balaban J connectivity index is 1.14. The maximum atomic E-state index is 11.7. The van der Waals surface area contributed by atoms with Gasteiger partial charge in [0.2, 0.25) is 0 Å². The Hall–Kier alpha value is -2.38. The van der Waals surface area contributed by atoms with Crippen molar-refractivity contribution >= 4 is 11.9 Å². The average molecular weight is 801 g/mol. The van der Waals surface area contributed by atoms with Crippen LogP contribution in [0.25, 0.3) is 0 Å². The summed E-state index contributed by atoms with van der Waals surface area (Å²) in [6.07, 6.45) is 4.72. The van der Waals surface area contributed by atoms with Crippen LogP contribution in [0.4, 0.5) is 0 Å². The molecule has 14 atom stereocenters. The Bertz CT molecular complexity index is 1190. The van der Waals surface area contributed by atoms with Crippen molar-refractivity contribution in [2.75, 3.05) is 41.0 Å². The van der Waals surface area contributed by atoms with Crippen LogP contribution >= 0.6 is 0 Å². The summed E-state index contributed by atoms with van der Waals surface area (Å²) in [5, 5.41) is 86.6. The van der Waals surface area contributed by atoms with Crippen molar-refractivity contribution in [3.63, 3.8) is 0 Å². The second-order valence-corrected chi connectivity index (χ2v) is 15.6. The number of rotatable bonds is 19. The predicted octanol–water partition coefficient (Wildman–Crippen LogP) is -0.666. The van der Waals surface area contributed by atoms with E-state index in [-0.39, 0.29) is 86.1 Å². The van der Waals surface area contributed by atoms with Crippen LogP contribution in [0, 0.1) is 11.8 Å². The molecule has 0 aromatic carbocycles. The zero-order valence-electron chi connectivity index (χ0n) is 32.4. The molecule has 0 aromatic rings. The molecule has 0 aromatic heterocycles. The molecule has 21 nitrogen and oxygen atoms in total. The van der Waals surface area contributed by atoms with Crippen molar-refractivity contribution in [2.45, 2.75) is 157 Å². The number of hydrogen-bond acceptors (Lipinski definition) is 19. The van der Waals surface area contributed by atoms with Gasteiger partial charge in [0.15, 0.2) is 0 Å². The van der Waals surface area contributed by atoms with Gasteiger partial charge in [-0.3, -0.25) is 41.5 Å². The fourth-order valence-corrected chi connectivity index (χ4v) is 8.85. The lowest BCUT2D eigenvalue weighted by atomic mass is 9.84. The Kier molecular flexibility index (Phi) is 18.1. The smallest absolute Gasteiger partial charge is 0.306 e. The molecule has 14 unspecified atom stereocenters. The van der Waals surface area contributed by atoms with Crippen LogP contribution < -0.4 is 31.9 Å². The van der Waals surface area contributed by atoms with Crippen LogP contribution in [0.3, 0.4) is 0 Å². The SMILES string of the molecule is COC1CC(N=NC2CC(OCO)CC(C(=O)O)C2)CCC1NC1NC(NCCO)NC(NC2CCC(N=NC3CC(OCO)CC(C(=O)O)C3)CC2OC)N1. The molecule has 1 heterocycles. The number of aliphatic hydroxyl groups is 3. The molecule has 56 heavy (non-hydrogen) atoms. The van der Waals surface area contributed by atoms with Crippen molar-refractivity contribution in [1.29, 1.82) is 0 Å². The van der Waals surface area contributed by atoms with Crippen LogP contribution in [0.1, 0.15) is 77.0 Å². The third-order valence-electron chi connectivity index (χ3n) is 11.7. The van der Waals surface area contributed by atoms with Crippen molar-refractivity contribution in [1.82, 2.24) is 31.9 Å². The first-order valence-corrected chi connectivity index (χ1v) is 20.0. The van der Waals surface area contributed by atoms with Crippen molar-refractivity contribution in [2.24, 2.45) is 32.3 Å². The van der Waals surface area contributed by atoms with Gasteiger partial charge in [0.25, 0.3) is 0 Å². The highest BCUT2D eigenvalue weighted by Gasteiger charge is 2.39. The molecule has 0 bridgehead atoms. The Labute approximate surface area is 327 Å². The molecule has 1 aliphatic heterocycles. The van der Waals surface area contributed by atoms with Gasteiger partial charge in [0.1, 0.15) is 32.5 Å². The number of carboxylic acids is 2. The average Bonchev–Trinajstić information content (AvgIpc) is 3.19. The molecular weight excluding hydrogens is 736 g/mol. The molecule has 4 aliphatic carbocycles. The van der Waals surface area contributed by atoms with Gasteiger partial charge in [0, 0.05) is 32.8 Å². The number of azo groups is 2. The first-order valence-electron chi connectivity index (χ1n) is 20.0. The summed E-state index contributed by atoms with van der Waals surface area (Å²) in [4.78, 5) is 23.4. The third-order valence-corrected chi connectivity index (χ3v) is 11.7. The van der Waals surface area contributed by atoms with Gasteiger partial charge in [-0.15, -0.1) is 0 Å². The molecule has 0 radical (unpaired) electrons. The van der Waals surface area contributed by atoms with Gasteiger partial charge >= 0.3 is 11.9 Å². The number of aliphatic carboxylic acids is 2. The van der Waals surface area contributed by atoms with Crippen LogP contribution in [-0.2, 0) is 28.5 Å². The summed E-state index contributed by atoms with van der Waals surface area (Å²) >= 11 is 0. The van der Waals surface area contributed by atoms with E-state index in [4.69, 9.17) is 18.9 Å². The minimum Gasteiger partial charge on any atom is -0.481 e. The highest BCUT2D eigenvalue weighted by molar-refractivity contribution is 5.70. The Morgan fingerprint density at radius 1 is 0.589 bits per heavy atom. The summed E-state index contributed by atoms with van der Waals surface area (Å²) in [6, 6.07) is -0.772. The summed E-state index contributed by atoms with van der Waals surface area (Å²) in [5.41, 5.74) is 0. The summed E-state index contributed by atoms with van der Waals surface area (Å²) in [5.74, 6) is -2.96. The summed E-state index contributed by atoms with van der Waals surface area (Å²) in [7, 11) is 3.36. The fourth-order valence-electron chi connectivity index (χ4n) is 8.85. The third kappa shape index (κ3) is 13.3. The minimum atomic E-state index is -0.891. The second kappa shape index (κ2) is 22.7. The lowest BCUT2D eigenvalue weighted by Gasteiger charge is -2.45. The molecule has 4 saturated carbocycles. The largest absolute Gasteiger partial charge is 0.481 e. The van der Waals surface area contributed by atoms with Gasteiger partial charge < -0.3 is 44.5 Å². The van der Waals surface area contributed by atoms with E-state index in [2.05, 4.69) is 52.4 Å². The summed E-state index contributed by atoms with van der Waals surface area (Å²) < 4.78 is 22.5. The van der Waals surface area contributed by atoms with Crippen molar-refractivity contribution in [3.8, 4) is 0 Å². The molecule has 11 N–H and O–H groups in total. The van der Waals surface area contributed by atoms with Crippen LogP contribution in [0.2, 0.25) is 0 Å². The number of methoxy groups -OCH3 is 2. The normalized spacial score (nSPS) is 39.9. The predicted molar refractivity (Wildman–Crippen MR) is 198 cm³/mol. The van der Waals surface area contributed by atoms with Gasteiger partial charge in [-0.2, -0.15) is 20.5 Å². The quantitative estimate of drug-likeness (QED) is 0.0571. The monoisotopic (exact) mass is 800 g/mol. The van der Waals surface area contributed by atoms with E-state index in [1.54, 1.807) is 14.2 Å². The standard InChI is InChI=1S/C35H64N10O11/c1-53-29-15-21(42-44-23-9-19(31(49)50)11-25(13-23)55-17-47)3-5-27(29)37-34-39-33(36-7-8-46)40-35(41-34)38-28-6-4-22(16-30(28)54-2)43-45-24-10-20(32(51)52)12-26(14-24)56-18-48/h19-30,33-41,46-48H,3-18H2,1-2H3,(H,49,50)(H,51,52). The van der Waals surface area contributed by atoms with Gasteiger partial charge in [-0.1, -0.05) is 0 Å². The minimum absolute atomic E-state index is 0.0185. The van der Waals surface area contributed by atoms with E-state index in [9.17, 15) is 35.1 Å². The first kappa shape index (κ1) is 44.7. The molecule has 5 rings (SSSR count). The Morgan fingerprint density at radius 3 is 1.41 bits per heavy atom. The Morgan fingerprint density at radius 2 is 1.02 bits per heavy atom. The van der Waals surface area contributed by atoms with E-state index < -0.39 is 37.4 Å². The molecule has 5 aliphatic rings. The number of hydrogen-bond donors (Lipinski definition) is 11. The molecule has 0 amide bonds. The number of carbonyl (C=O) groups is 2. The maximum absolute atomic E-state index is 11.7. The van der Waals surface area contributed by atoms with E-state index in [1.165, 1.54) is 0 Å². The number of carboxylic acid groups (broad SMARTS) is 2. The second-order valence-electron chi connectivity index (χ2n) is 15.6. The summed E-state index contributed by atoms with van der Waals surface area (Å²) in [6.45, 7) is -0.577. The van der Waals surface area contributed by atoms with Gasteiger partial charge in [-0.05, 0) is 77.0 Å². The van der Waals surface area contributed by atoms with E-state index >= 15 is 0 Å². The maximum Gasteiger partial charge on any atom is 0.306 e. The number of nitrogens with zero attached hydrogens (tertiary/aromatic N) is 4. The number of aliphatic hydroxyl groups excluding tert-OH is 3. The highest BCUT2D eigenvalue weighted by atomic mass is 16.6. The molecule has 21 heteroatoms. The molecular formula is C35H64N10O11. The van der Waals surface area contributed by atoms with E-state index in [0.717, 1.165) is 25.7 Å². The molecule has 1 saturated heterocycles. The highest BCUT2D eigenvalue weighted by Crippen LogP contribution is 2.32. The zero-order valence-corrected chi connectivity index (χ0v) is 32.4. The van der Waals surface area contributed by atoms with E-state index in [1.807, 2.05) is 0 Å². The molecule has 0 spiro atoms. The lowest BCUT2D eigenvalue weighted by Crippen LogP contribution is -2.79. The van der Waals surface area contributed by atoms with Crippen LogP contribution in [-0.4, -0.2) is 158 Å². The van der Waals surface area contributed by atoms with Crippen molar-refractivity contribution in [3.05, 3.63) is 0 Å². The van der Waals surface area contributed by atoms with Gasteiger partial charge in [0.05, 0.1) is 67.0 Å². The van der Waals surface area contributed by atoms with E-state index in [0.29, 0.717) is 57.9 Å². The number of ether oxygens (including phenoxy) is 4. The van der Waals surface area contributed by atoms with Crippen LogP contribution in [0.15, 0.2) is 20.5 Å². The first-order chi connectivity index (χ1) is 27.1. The van der Waals surface area contributed by atoms with Crippen molar-refractivity contribution < 1.29 is 54.1 Å². The topological polar surface area (TPSA) is 294 Å². The lowest BCUT2D eigenvalue weighted by molar-refractivity contribution is -0.147. The zero-order chi connectivity index (χ0) is 40.0. The van der Waals surface area contributed by atoms with Crippen LogP contribution in [0.5, 0.6) is 0 Å². The number of nitrogens with one attached hydrogen (secondary N) is 6. The fraction of sp³-hybridized carbons (Fsp3) is 0.943.